The van der Waals surface area contributed by atoms with E-state index >= 15 is 0 Å². The van der Waals surface area contributed by atoms with Gasteiger partial charge in [0.2, 0.25) is 0 Å². The van der Waals surface area contributed by atoms with Crippen LogP contribution in [0.15, 0.2) is 0 Å². The molecule has 4 nitrogen and oxygen atoms in total. The molecular weight excluding hydrogens is 194 g/mol. The van der Waals surface area contributed by atoms with Gasteiger partial charge in [-0.05, 0) is 38.1 Å². The molecule has 15 heavy (non-hydrogen) atoms. The number of aliphatic hydroxyl groups is 1. The summed E-state index contributed by atoms with van der Waals surface area (Å²) in [6.07, 6.45) is 4.56. The Labute approximate surface area is 90.7 Å². The smallest absolute Gasteiger partial charge is 0.320 e. The fourth-order valence-corrected chi connectivity index (χ4v) is 2.21. The van der Waals surface area contributed by atoms with Gasteiger partial charge in [-0.2, -0.15) is 0 Å². The molecule has 88 valence electrons. The first-order chi connectivity index (χ1) is 7.15. The van der Waals surface area contributed by atoms with Crippen LogP contribution in [0.1, 0.15) is 32.6 Å². The van der Waals surface area contributed by atoms with Gasteiger partial charge in [-0.15, -0.1) is 0 Å². The maximum Gasteiger partial charge on any atom is 0.320 e. The zero-order valence-corrected chi connectivity index (χ0v) is 9.28. The number of hydrogen-bond acceptors (Lipinski definition) is 3. The molecule has 3 atom stereocenters. The van der Waals surface area contributed by atoms with Crippen molar-refractivity contribution in [1.29, 1.82) is 0 Å². The van der Waals surface area contributed by atoms with Crippen molar-refractivity contribution in [1.82, 2.24) is 5.32 Å². The van der Waals surface area contributed by atoms with Crippen molar-refractivity contribution in [3.05, 3.63) is 0 Å². The fourth-order valence-electron chi connectivity index (χ4n) is 2.21. The number of rotatable bonds is 5. The van der Waals surface area contributed by atoms with E-state index in [1.54, 1.807) is 6.92 Å². The predicted molar refractivity (Wildman–Crippen MR) is 57.6 cm³/mol. The zero-order chi connectivity index (χ0) is 11.3. The average Bonchev–Trinajstić information content (AvgIpc) is 2.26. The Hall–Kier alpha value is -0.610. The van der Waals surface area contributed by atoms with E-state index in [0.29, 0.717) is 18.4 Å². The van der Waals surface area contributed by atoms with Crippen LogP contribution in [0.25, 0.3) is 0 Å². The van der Waals surface area contributed by atoms with Gasteiger partial charge in [0.1, 0.15) is 6.04 Å². The Morgan fingerprint density at radius 1 is 1.40 bits per heavy atom. The number of carboxylic acids is 1. The molecule has 1 aliphatic carbocycles. The summed E-state index contributed by atoms with van der Waals surface area (Å²) >= 11 is 0. The van der Waals surface area contributed by atoms with Crippen LogP contribution in [0.4, 0.5) is 0 Å². The van der Waals surface area contributed by atoms with Gasteiger partial charge in [-0.3, -0.25) is 4.79 Å². The van der Waals surface area contributed by atoms with Crippen molar-refractivity contribution >= 4 is 5.97 Å². The van der Waals surface area contributed by atoms with E-state index in [0.717, 1.165) is 12.8 Å². The van der Waals surface area contributed by atoms with Crippen molar-refractivity contribution in [3.63, 3.8) is 0 Å². The van der Waals surface area contributed by atoms with Crippen LogP contribution < -0.4 is 5.32 Å². The van der Waals surface area contributed by atoms with Gasteiger partial charge in [0.25, 0.3) is 0 Å². The van der Waals surface area contributed by atoms with E-state index in [9.17, 15) is 9.90 Å². The Kier molecular flexibility index (Phi) is 5.05. The van der Waals surface area contributed by atoms with Crippen LogP contribution in [-0.2, 0) is 4.79 Å². The minimum Gasteiger partial charge on any atom is -0.480 e. The molecule has 0 aromatic carbocycles. The van der Waals surface area contributed by atoms with E-state index in [1.165, 1.54) is 12.8 Å². The molecule has 1 fully saturated rings. The van der Waals surface area contributed by atoms with Gasteiger partial charge in [-0.1, -0.05) is 12.8 Å². The minimum atomic E-state index is -0.814. The first-order valence-electron chi connectivity index (χ1n) is 5.72. The SMILES string of the molecule is CC(NCC1CCCCC1CO)C(=O)O. The highest BCUT2D eigenvalue weighted by molar-refractivity contribution is 5.72. The molecule has 0 heterocycles. The monoisotopic (exact) mass is 215 g/mol. The predicted octanol–water partition coefficient (Wildman–Crippen LogP) is 0.848. The van der Waals surface area contributed by atoms with Crippen molar-refractivity contribution in [2.75, 3.05) is 13.2 Å². The molecule has 1 saturated carbocycles. The Morgan fingerprint density at radius 2 is 2.00 bits per heavy atom. The van der Waals surface area contributed by atoms with E-state index < -0.39 is 12.0 Å². The normalized spacial score (nSPS) is 28.7. The Bertz CT molecular complexity index is 208. The molecule has 0 bridgehead atoms. The molecule has 0 saturated heterocycles. The molecule has 1 aliphatic rings. The summed E-state index contributed by atoms with van der Waals surface area (Å²) in [5.41, 5.74) is 0. The molecular formula is C11H21NO3. The zero-order valence-electron chi connectivity index (χ0n) is 9.28. The van der Waals surface area contributed by atoms with Crippen LogP contribution in [0.3, 0.4) is 0 Å². The topological polar surface area (TPSA) is 69.6 Å². The van der Waals surface area contributed by atoms with Crippen LogP contribution in [0.5, 0.6) is 0 Å². The van der Waals surface area contributed by atoms with Gasteiger partial charge < -0.3 is 15.5 Å². The van der Waals surface area contributed by atoms with Crippen molar-refractivity contribution in [3.8, 4) is 0 Å². The average molecular weight is 215 g/mol. The number of carboxylic acid groups (broad SMARTS) is 1. The molecule has 1 rings (SSSR count). The maximum absolute atomic E-state index is 10.6. The maximum atomic E-state index is 10.6. The molecule has 0 aromatic rings. The van der Waals surface area contributed by atoms with E-state index in [1.807, 2.05) is 0 Å². The highest BCUT2D eigenvalue weighted by Crippen LogP contribution is 2.29. The van der Waals surface area contributed by atoms with Gasteiger partial charge >= 0.3 is 5.97 Å². The van der Waals surface area contributed by atoms with Crippen LogP contribution in [-0.4, -0.2) is 35.4 Å². The lowest BCUT2D eigenvalue weighted by atomic mass is 9.79. The highest BCUT2D eigenvalue weighted by atomic mass is 16.4. The number of aliphatic hydroxyl groups excluding tert-OH is 1. The summed E-state index contributed by atoms with van der Waals surface area (Å²) in [6.45, 7) is 2.59. The largest absolute Gasteiger partial charge is 0.480 e. The second-order valence-electron chi connectivity index (χ2n) is 4.46. The molecule has 3 unspecified atom stereocenters. The molecule has 4 heteroatoms. The third kappa shape index (κ3) is 3.80. The molecule has 0 amide bonds. The van der Waals surface area contributed by atoms with Gasteiger partial charge in [0.15, 0.2) is 0 Å². The third-order valence-electron chi connectivity index (χ3n) is 3.36. The van der Waals surface area contributed by atoms with Crippen molar-refractivity contribution in [2.24, 2.45) is 11.8 Å². The summed E-state index contributed by atoms with van der Waals surface area (Å²) < 4.78 is 0. The summed E-state index contributed by atoms with van der Waals surface area (Å²) in [6, 6.07) is -0.494. The fraction of sp³-hybridized carbons (Fsp3) is 0.909. The van der Waals surface area contributed by atoms with Gasteiger partial charge in [-0.25, -0.2) is 0 Å². The first-order valence-corrected chi connectivity index (χ1v) is 5.72. The number of hydrogen-bond donors (Lipinski definition) is 3. The number of carbonyl (C=O) groups is 1. The minimum absolute atomic E-state index is 0.230. The Morgan fingerprint density at radius 3 is 2.53 bits per heavy atom. The number of nitrogens with one attached hydrogen (secondary N) is 1. The van der Waals surface area contributed by atoms with Crippen LogP contribution in [0.2, 0.25) is 0 Å². The van der Waals surface area contributed by atoms with Gasteiger partial charge in [0.05, 0.1) is 0 Å². The quantitative estimate of drug-likeness (QED) is 0.636. The van der Waals surface area contributed by atoms with Crippen molar-refractivity contribution < 1.29 is 15.0 Å². The summed E-state index contributed by atoms with van der Waals surface area (Å²) in [5, 5.41) is 20.9. The lowest BCUT2D eigenvalue weighted by Crippen LogP contribution is -2.40. The van der Waals surface area contributed by atoms with E-state index in [2.05, 4.69) is 5.32 Å². The first kappa shape index (κ1) is 12.5. The molecule has 0 aromatic heterocycles. The third-order valence-corrected chi connectivity index (χ3v) is 3.36. The summed E-state index contributed by atoms with van der Waals surface area (Å²) in [7, 11) is 0. The van der Waals surface area contributed by atoms with Crippen LogP contribution >= 0.6 is 0 Å². The second-order valence-corrected chi connectivity index (χ2v) is 4.46. The van der Waals surface area contributed by atoms with Gasteiger partial charge in [0, 0.05) is 6.61 Å². The lowest BCUT2D eigenvalue weighted by Gasteiger charge is -2.30. The standard InChI is InChI=1S/C11H21NO3/c1-8(11(14)15)12-6-9-4-2-3-5-10(9)7-13/h8-10,12-13H,2-7H2,1H3,(H,14,15). The highest BCUT2D eigenvalue weighted by Gasteiger charge is 2.25. The van der Waals surface area contributed by atoms with E-state index in [4.69, 9.17) is 5.11 Å². The molecule has 3 N–H and O–H groups in total. The Balaban J connectivity index is 2.32. The van der Waals surface area contributed by atoms with Crippen LogP contribution in [0, 0.1) is 11.8 Å². The summed E-state index contributed by atoms with van der Waals surface area (Å²) in [5.74, 6) is -0.0239. The lowest BCUT2D eigenvalue weighted by molar-refractivity contribution is -0.139. The van der Waals surface area contributed by atoms with Crippen molar-refractivity contribution in [2.45, 2.75) is 38.6 Å². The van der Waals surface area contributed by atoms with E-state index in [-0.39, 0.29) is 6.61 Å². The number of aliphatic carboxylic acids is 1. The molecule has 0 radical (unpaired) electrons. The molecule has 0 spiro atoms. The molecule has 0 aliphatic heterocycles. The summed E-state index contributed by atoms with van der Waals surface area (Å²) in [4.78, 5) is 10.6. The second kappa shape index (κ2) is 6.08.